The molecule has 0 saturated heterocycles. The second kappa shape index (κ2) is 4.97. The van der Waals surface area contributed by atoms with E-state index >= 15 is 0 Å². The van der Waals surface area contributed by atoms with E-state index in [4.69, 9.17) is 0 Å². The largest absolute Gasteiger partial charge is 0.517 e. The molecule has 1 rings (SSSR count). The van der Waals surface area contributed by atoms with Gasteiger partial charge in [-0.1, -0.05) is 0 Å². The van der Waals surface area contributed by atoms with Gasteiger partial charge < -0.3 is 0 Å². The summed E-state index contributed by atoms with van der Waals surface area (Å²) in [5.41, 5.74) is -12.6. The molecule has 21 heavy (non-hydrogen) atoms. The maximum atomic E-state index is 12.4. The highest BCUT2D eigenvalue weighted by molar-refractivity contribution is 8.11. The molecule has 0 aromatic carbocycles. The van der Waals surface area contributed by atoms with Gasteiger partial charge in [-0.25, -0.2) is 9.97 Å². The Bertz CT molecular complexity index is 667. The fourth-order valence-corrected chi connectivity index (χ4v) is 3.45. The Labute approximate surface area is 113 Å². The predicted molar refractivity (Wildman–Crippen MR) is 54.5 cm³/mol. The minimum atomic E-state index is -6.93. The third-order valence-corrected chi connectivity index (χ3v) is 5.28. The number of halogens is 6. The Balaban J connectivity index is 3.72. The SMILES string of the molecule is O=S(=O)(N(c1ncccn1)S(=O)(=O)C(F)(F)F)C(F)(F)F. The molecule has 7 nitrogen and oxygen atoms in total. The molecule has 0 aliphatic rings. The Morgan fingerprint density at radius 2 is 1.14 bits per heavy atom. The molecule has 1 aromatic heterocycles. The van der Waals surface area contributed by atoms with Crippen molar-refractivity contribution in [2.45, 2.75) is 11.0 Å². The topological polar surface area (TPSA) is 97.3 Å². The standard InChI is InChI=1S/C6H3F6N3O4S2/c7-5(8,9)20(16,17)15(4-13-2-1-3-14-4)21(18,19)6(10,11)12/h1-3H. The van der Waals surface area contributed by atoms with Gasteiger partial charge in [0.25, 0.3) is 5.95 Å². The molecule has 0 saturated carbocycles. The van der Waals surface area contributed by atoms with Gasteiger partial charge in [0, 0.05) is 12.4 Å². The first-order chi connectivity index (χ1) is 9.23. The van der Waals surface area contributed by atoms with Crippen LogP contribution in [0.2, 0.25) is 0 Å². The molecular weight excluding hydrogens is 356 g/mol. The Kier molecular flexibility index (Phi) is 4.12. The van der Waals surface area contributed by atoms with Gasteiger partial charge in [0.2, 0.25) is 0 Å². The minimum absolute atomic E-state index is 0.563. The number of hydrogen-bond acceptors (Lipinski definition) is 6. The van der Waals surface area contributed by atoms with Gasteiger partial charge in [0.15, 0.2) is 0 Å². The maximum absolute atomic E-state index is 12.4. The second-order valence-corrected chi connectivity index (χ2v) is 6.94. The summed E-state index contributed by atoms with van der Waals surface area (Å²) < 4.78 is 117. The lowest BCUT2D eigenvalue weighted by molar-refractivity contribution is -0.0463. The van der Waals surface area contributed by atoms with Crippen molar-refractivity contribution in [2.75, 3.05) is 3.71 Å². The molecule has 0 spiro atoms. The van der Waals surface area contributed by atoms with Crippen LogP contribution in [0.15, 0.2) is 18.5 Å². The van der Waals surface area contributed by atoms with E-state index in [1.165, 1.54) is 0 Å². The summed E-state index contributed by atoms with van der Waals surface area (Å²) in [5.74, 6) is -1.81. The zero-order valence-corrected chi connectivity index (χ0v) is 10.9. The van der Waals surface area contributed by atoms with Crippen molar-refractivity contribution >= 4 is 26.0 Å². The average Bonchev–Trinajstić information content (AvgIpc) is 2.26. The lowest BCUT2D eigenvalue weighted by Gasteiger charge is -2.23. The average molecular weight is 359 g/mol. The number of sulfonamides is 2. The third kappa shape index (κ3) is 3.02. The van der Waals surface area contributed by atoms with Crippen molar-refractivity contribution in [1.29, 1.82) is 0 Å². The first-order valence-corrected chi connectivity index (χ1v) is 7.31. The molecule has 15 heteroatoms. The zero-order valence-electron chi connectivity index (χ0n) is 9.29. The van der Waals surface area contributed by atoms with E-state index in [-0.39, 0.29) is 0 Å². The number of anilines is 1. The Morgan fingerprint density at radius 1 is 0.810 bits per heavy atom. The van der Waals surface area contributed by atoms with Crippen LogP contribution in [0.25, 0.3) is 0 Å². The van der Waals surface area contributed by atoms with Gasteiger partial charge in [-0.05, 0) is 6.07 Å². The van der Waals surface area contributed by atoms with Crippen molar-refractivity contribution in [3.8, 4) is 0 Å². The van der Waals surface area contributed by atoms with Crippen LogP contribution in [-0.2, 0) is 20.0 Å². The number of hydrogen-bond donors (Lipinski definition) is 0. The van der Waals surface area contributed by atoms with E-state index in [0.717, 1.165) is 6.07 Å². The quantitative estimate of drug-likeness (QED) is 0.747. The van der Waals surface area contributed by atoms with Gasteiger partial charge in [-0.15, -0.1) is 3.71 Å². The van der Waals surface area contributed by atoms with Gasteiger partial charge in [0.1, 0.15) is 0 Å². The number of alkyl halides is 6. The molecule has 0 bridgehead atoms. The number of rotatable bonds is 3. The number of aromatic nitrogens is 2. The minimum Gasteiger partial charge on any atom is -0.220 e. The van der Waals surface area contributed by atoms with Gasteiger partial charge in [-0.2, -0.15) is 43.2 Å². The van der Waals surface area contributed by atoms with E-state index in [1.807, 2.05) is 0 Å². The van der Waals surface area contributed by atoms with Crippen LogP contribution in [0.1, 0.15) is 0 Å². The molecular formula is C6H3F6N3O4S2. The second-order valence-electron chi connectivity index (χ2n) is 3.15. The van der Waals surface area contributed by atoms with E-state index in [2.05, 4.69) is 9.97 Å². The molecule has 0 aliphatic carbocycles. The van der Waals surface area contributed by atoms with Crippen LogP contribution >= 0.6 is 0 Å². The normalized spacial score (nSPS) is 14.0. The number of nitrogens with zero attached hydrogens (tertiary/aromatic N) is 3. The predicted octanol–water partition coefficient (Wildman–Crippen LogP) is 0.982. The molecule has 0 unspecified atom stereocenters. The van der Waals surface area contributed by atoms with Crippen LogP contribution in [0.4, 0.5) is 32.3 Å². The van der Waals surface area contributed by atoms with Gasteiger partial charge >= 0.3 is 31.1 Å². The fraction of sp³-hybridized carbons (Fsp3) is 0.333. The Hall–Kier alpha value is -1.64. The summed E-state index contributed by atoms with van der Waals surface area (Å²) in [5, 5.41) is 0. The van der Waals surface area contributed by atoms with Crippen LogP contribution in [0.5, 0.6) is 0 Å². The molecule has 1 heterocycles. The summed E-state index contributed by atoms with van der Waals surface area (Å²) in [6.45, 7) is 0. The van der Waals surface area contributed by atoms with Crippen molar-refractivity contribution in [2.24, 2.45) is 0 Å². The molecule has 0 N–H and O–H groups in total. The Morgan fingerprint density at radius 3 is 1.43 bits per heavy atom. The van der Waals surface area contributed by atoms with Gasteiger partial charge in [0.05, 0.1) is 0 Å². The first kappa shape index (κ1) is 17.4. The zero-order chi connectivity index (χ0) is 16.7. The highest BCUT2D eigenvalue weighted by Gasteiger charge is 2.62. The maximum Gasteiger partial charge on any atom is 0.517 e. The molecule has 0 aliphatic heterocycles. The van der Waals surface area contributed by atoms with Crippen molar-refractivity contribution < 1.29 is 43.2 Å². The molecule has 120 valence electrons. The van der Waals surface area contributed by atoms with Gasteiger partial charge in [-0.3, -0.25) is 0 Å². The summed E-state index contributed by atoms with van der Waals surface area (Å²) in [7, 11) is -13.9. The highest BCUT2D eigenvalue weighted by atomic mass is 32.3. The van der Waals surface area contributed by atoms with E-state index in [1.54, 1.807) is 0 Å². The summed E-state index contributed by atoms with van der Waals surface area (Å²) in [6.07, 6.45) is 1.13. The molecule has 1 aromatic rings. The van der Waals surface area contributed by atoms with Crippen LogP contribution in [0.3, 0.4) is 0 Å². The lowest BCUT2D eigenvalue weighted by Crippen LogP contribution is -2.50. The third-order valence-electron chi connectivity index (χ3n) is 1.74. The van der Waals surface area contributed by atoms with E-state index in [9.17, 15) is 43.2 Å². The smallest absolute Gasteiger partial charge is 0.220 e. The summed E-state index contributed by atoms with van der Waals surface area (Å²) in [6, 6.07) is 0.919. The molecule has 0 fully saturated rings. The first-order valence-electron chi connectivity index (χ1n) is 4.43. The van der Waals surface area contributed by atoms with Crippen molar-refractivity contribution in [3.63, 3.8) is 0 Å². The lowest BCUT2D eigenvalue weighted by atomic mass is 10.7. The summed E-state index contributed by atoms with van der Waals surface area (Å²) >= 11 is 0. The van der Waals surface area contributed by atoms with Crippen LogP contribution in [-0.4, -0.2) is 37.8 Å². The van der Waals surface area contributed by atoms with E-state index < -0.39 is 40.7 Å². The molecule has 0 atom stereocenters. The molecule has 0 radical (unpaired) electrons. The molecule has 0 amide bonds. The fourth-order valence-electron chi connectivity index (χ4n) is 0.918. The van der Waals surface area contributed by atoms with Crippen LogP contribution in [0, 0.1) is 0 Å². The monoisotopic (exact) mass is 359 g/mol. The van der Waals surface area contributed by atoms with Crippen molar-refractivity contribution in [1.82, 2.24) is 9.97 Å². The van der Waals surface area contributed by atoms with Crippen LogP contribution < -0.4 is 3.71 Å². The summed E-state index contributed by atoms with van der Waals surface area (Å²) in [4.78, 5) is 5.59. The van der Waals surface area contributed by atoms with Crippen molar-refractivity contribution in [3.05, 3.63) is 18.5 Å². The van der Waals surface area contributed by atoms with E-state index in [0.29, 0.717) is 12.4 Å². The highest BCUT2D eigenvalue weighted by Crippen LogP contribution is 2.36.